The number of hydrogen-bond donors (Lipinski definition) is 1. The summed E-state index contributed by atoms with van der Waals surface area (Å²) < 4.78 is 16.9. The minimum atomic E-state index is -0.310. The number of nitrogens with zero attached hydrogens (tertiary/aromatic N) is 1. The zero-order valence-electron chi connectivity index (χ0n) is 18.3. The first kappa shape index (κ1) is 22.4. The molecule has 1 fully saturated rings. The molecule has 8 heteroatoms. The molecule has 2 aromatic carbocycles. The topological polar surface area (TPSA) is 77.1 Å². The third-order valence-corrected chi connectivity index (χ3v) is 6.07. The van der Waals surface area contributed by atoms with E-state index >= 15 is 0 Å². The van der Waals surface area contributed by atoms with E-state index in [1.165, 1.54) is 4.90 Å². The van der Waals surface area contributed by atoms with E-state index in [4.69, 9.17) is 25.8 Å². The summed E-state index contributed by atoms with van der Waals surface area (Å²) in [6.45, 7) is 5.63. The molecule has 0 saturated carbocycles. The van der Waals surface area contributed by atoms with E-state index in [9.17, 15) is 9.59 Å². The fraction of sp³-hybridized carbons (Fsp3) is 0.417. The molecule has 2 amide bonds. The monoisotopic (exact) mass is 458 g/mol. The summed E-state index contributed by atoms with van der Waals surface area (Å²) in [6.07, 6.45) is 1.70. The number of rotatable bonds is 6. The number of ether oxygens (including phenoxy) is 3. The van der Waals surface area contributed by atoms with Crippen LogP contribution in [-0.4, -0.2) is 55.7 Å². The van der Waals surface area contributed by atoms with Crippen LogP contribution in [0.15, 0.2) is 30.3 Å². The Bertz CT molecular complexity index is 1020. The molecule has 170 valence electrons. The van der Waals surface area contributed by atoms with E-state index in [0.717, 1.165) is 29.7 Å². The molecule has 4 rings (SSSR count). The van der Waals surface area contributed by atoms with Crippen molar-refractivity contribution in [2.45, 2.75) is 32.8 Å². The van der Waals surface area contributed by atoms with E-state index < -0.39 is 0 Å². The van der Waals surface area contributed by atoms with Gasteiger partial charge >= 0.3 is 0 Å². The molecule has 0 aliphatic carbocycles. The number of fused-ring (bicyclic) bond motifs is 1. The van der Waals surface area contributed by atoms with Gasteiger partial charge in [0.15, 0.2) is 11.5 Å². The Kier molecular flexibility index (Phi) is 6.86. The molecule has 2 aliphatic heterocycles. The quantitative estimate of drug-likeness (QED) is 0.708. The van der Waals surface area contributed by atoms with Gasteiger partial charge in [-0.1, -0.05) is 23.7 Å². The number of anilines is 1. The third kappa shape index (κ3) is 5.00. The Balaban J connectivity index is 1.54. The zero-order valence-corrected chi connectivity index (χ0v) is 19.0. The normalized spacial score (nSPS) is 17.2. The standard InChI is InChI=1S/C24H27ClN2O5/c1-15-5-3-7-20(16(15)2)26-22(28)14-27(13-18-6-4-8-30-18)24(29)17-11-19(25)23-21(12-17)31-9-10-32-23/h3,5,7,11-12,18H,4,6,8-10,13-14H2,1-2H3,(H,26,28)/t18-/m0/s1. The van der Waals surface area contributed by atoms with Crippen molar-refractivity contribution in [1.29, 1.82) is 0 Å². The van der Waals surface area contributed by atoms with Gasteiger partial charge in [0.25, 0.3) is 5.91 Å². The molecule has 0 radical (unpaired) electrons. The van der Waals surface area contributed by atoms with E-state index in [1.54, 1.807) is 12.1 Å². The SMILES string of the molecule is Cc1cccc(NC(=O)CN(C[C@@H]2CCCO2)C(=O)c2cc(Cl)c3c(c2)OCCO3)c1C. The van der Waals surface area contributed by atoms with Crippen LogP contribution in [0.1, 0.15) is 34.3 Å². The summed E-state index contributed by atoms with van der Waals surface area (Å²) in [5.41, 5.74) is 3.16. The summed E-state index contributed by atoms with van der Waals surface area (Å²) in [5.74, 6) is 0.293. The average molecular weight is 459 g/mol. The predicted molar refractivity (Wildman–Crippen MR) is 122 cm³/mol. The van der Waals surface area contributed by atoms with Crippen LogP contribution in [0.3, 0.4) is 0 Å². The van der Waals surface area contributed by atoms with Crippen LogP contribution < -0.4 is 14.8 Å². The Morgan fingerprint density at radius 3 is 2.75 bits per heavy atom. The van der Waals surface area contributed by atoms with Crippen LogP contribution in [-0.2, 0) is 9.53 Å². The van der Waals surface area contributed by atoms with E-state index in [2.05, 4.69) is 5.32 Å². The van der Waals surface area contributed by atoms with Gasteiger partial charge in [-0.05, 0) is 56.0 Å². The largest absolute Gasteiger partial charge is 0.486 e. The predicted octanol–water partition coefficient (Wildman–Crippen LogP) is 3.99. The summed E-state index contributed by atoms with van der Waals surface area (Å²) >= 11 is 6.33. The molecule has 0 unspecified atom stereocenters. The minimum Gasteiger partial charge on any atom is -0.486 e. The van der Waals surface area contributed by atoms with Crippen molar-refractivity contribution in [3.8, 4) is 11.5 Å². The maximum Gasteiger partial charge on any atom is 0.254 e. The van der Waals surface area contributed by atoms with Crippen molar-refractivity contribution in [2.75, 3.05) is 38.2 Å². The molecule has 32 heavy (non-hydrogen) atoms. The van der Waals surface area contributed by atoms with Gasteiger partial charge in [-0.25, -0.2) is 0 Å². The highest BCUT2D eigenvalue weighted by Gasteiger charge is 2.27. The van der Waals surface area contributed by atoms with Crippen LogP contribution in [0.5, 0.6) is 11.5 Å². The number of aryl methyl sites for hydroxylation is 1. The second kappa shape index (κ2) is 9.79. The number of hydrogen-bond acceptors (Lipinski definition) is 5. The van der Waals surface area contributed by atoms with E-state index in [-0.39, 0.29) is 24.5 Å². The number of nitrogens with one attached hydrogen (secondary N) is 1. The minimum absolute atomic E-state index is 0.0971. The first-order valence-corrected chi connectivity index (χ1v) is 11.2. The molecular formula is C24H27ClN2O5. The van der Waals surface area contributed by atoms with Crippen LogP contribution in [0.2, 0.25) is 5.02 Å². The van der Waals surface area contributed by atoms with Crippen LogP contribution >= 0.6 is 11.6 Å². The molecule has 1 N–H and O–H groups in total. The van der Waals surface area contributed by atoms with Gasteiger partial charge in [-0.15, -0.1) is 0 Å². The number of amides is 2. The molecule has 0 aromatic heterocycles. The molecule has 0 spiro atoms. The lowest BCUT2D eigenvalue weighted by Gasteiger charge is -2.26. The molecular weight excluding hydrogens is 432 g/mol. The van der Waals surface area contributed by atoms with Gasteiger partial charge in [0.2, 0.25) is 5.91 Å². The van der Waals surface area contributed by atoms with Gasteiger partial charge in [-0.2, -0.15) is 0 Å². The van der Waals surface area contributed by atoms with Crippen LogP contribution in [0.25, 0.3) is 0 Å². The highest BCUT2D eigenvalue weighted by molar-refractivity contribution is 6.32. The number of benzene rings is 2. The lowest BCUT2D eigenvalue weighted by atomic mass is 10.1. The fourth-order valence-corrected chi connectivity index (χ4v) is 4.19. The van der Waals surface area contributed by atoms with Crippen molar-refractivity contribution >= 4 is 29.1 Å². The molecule has 1 atom stereocenters. The first-order chi connectivity index (χ1) is 15.4. The Hall–Kier alpha value is -2.77. The van der Waals surface area contributed by atoms with Crippen molar-refractivity contribution < 1.29 is 23.8 Å². The van der Waals surface area contributed by atoms with Gasteiger partial charge in [-0.3, -0.25) is 9.59 Å². The Labute approximate surface area is 192 Å². The van der Waals surface area contributed by atoms with Crippen molar-refractivity contribution in [2.24, 2.45) is 0 Å². The maximum absolute atomic E-state index is 13.4. The van der Waals surface area contributed by atoms with Crippen molar-refractivity contribution in [3.05, 3.63) is 52.0 Å². The summed E-state index contributed by atoms with van der Waals surface area (Å²) in [7, 11) is 0. The summed E-state index contributed by atoms with van der Waals surface area (Å²) in [6, 6.07) is 8.91. The summed E-state index contributed by atoms with van der Waals surface area (Å²) in [5, 5.41) is 3.24. The summed E-state index contributed by atoms with van der Waals surface area (Å²) in [4.78, 5) is 27.8. The van der Waals surface area contributed by atoms with Gasteiger partial charge in [0.1, 0.15) is 19.8 Å². The smallest absolute Gasteiger partial charge is 0.254 e. The highest BCUT2D eigenvalue weighted by Crippen LogP contribution is 2.38. The third-order valence-electron chi connectivity index (χ3n) is 5.79. The van der Waals surface area contributed by atoms with Crippen molar-refractivity contribution in [1.82, 2.24) is 4.90 Å². The lowest BCUT2D eigenvalue weighted by molar-refractivity contribution is -0.117. The van der Waals surface area contributed by atoms with Gasteiger partial charge in [0, 0.05) is 24.4 Å². The van der Waals surface area contributed by atoms with E-state index in [1.807, 2.05) is 32.0 Å². The van der Waals surface area contributed by atoms with Crippen LogP contribution in [0.4, 0.5) is 5.69 Å². The highest BCUT2D eigenvalue weighted by atomic mass is 35.5. The molecule has 0 bridgehead atoms. The molecule has 2 heterocycles. The molecule has 2 aromatic rings. The zero-order chi connectivity index (χ0) is 22.7. The van der Waals surface area contributed by atoms with Crippen LogP contribution in [0, 0.1) is 13.8 Å². The molecule has 7 nitrogen and oxygen atoms in total. The Morgan fingerprint density at radius 2 is 1.97 bits per heavy atom. The number of halogens is 1. The Morgan fingerprint density at radius 1 is 1.16 bits per heavy atom. The lowest BCUT2D eigenvalue weighted by Crippen LogP contribution is -2.42. The molecule has 2 aliphatic rings. The number of carbonyl (C=O) groups excluding carboxylic acids is 2. The maximum atomic E-state index is 13.4. The second-order valence-corrected chi connectivity index (χ2v) is 8.51. The second-order valence-electron chi connectivity index (χ2n) is 8.10. The average Bonchev–Trinajstić information content (AvgIpc) is 3.29. The fourth-order valence-electron chi connectivity index (χ4n) is 3.92. The first-order valence-electron chi connectivity index (χ1n) is 10.8. The molecule has 1 saturated heterocycles. The van der Waals surface area contributed by atoms with E-state index in [0.29, 0.717) is 48.5 Å². The number of carbonyl (C=O) groups is 2. The van der Waals surface area contributed by atoms with Crippen molar-refractivity contribution in [3.63, 3.8) is 0 Å². The van der Waals surface area contributed by atoms with Gasteiger partial charge in [0.05, 0.1) is 11.1 Å². The van der Waals surface area contributed by atoms with Gasteiger partial charge < -0.3 is 24.4 Å².